The monoisotopic (exact) mass is 240 g/mol. The molecular weight excluding hydrogens is 224 g/mol. The van der Waals surface area contributed by atoms with Crippen LogP contribution >= 0.6 is 0 Å². The second-order valence-corrected chi connectivity index (χ2v) is 4.75. The van der Waals surface area contributed by atoms with Crippen molar-refractivity contribution < 1.29 is 4.79 Å². The molecule has 0 atom stereocenters. The number of fused-ring (bicyclic) bond motifs is 1. The van der Waals surface area contributed by atoms with Gasteiger partial charge in [-0.3, -0.25) is 4.79 Å². The van der Waals surface area contributed by atoms with E-state index in [2.05, 4.69) is 6.07 Å². The van der Waals surface area contributed by atoms with Crippen LogP contribution in [0.1, 0.15) is 21.7 Å². The summed E-state index contributed by atoms with van der Waals surface area (Å²) in [6.45, 7) is 2.79. The van der Waals surface area contributed by atoms with Crippen LogP contribution in [-0.4, -0.2) is 17.0 Å². The molecule has 0 bridgehead atoms. The van der Waals surface area contributed by atoms with Crippen molar-refractivity contribution >= 4 is 11.6 Å². The lowest BCUT2D eigenvalue weighted by molar-refractivity contribution is 0.0981. The summed E-state index contributed by atoms with van der Waals surface area (Å²) in [5.74, 6) is 0.0931. The van der Waals surface area contributed by atoms with Crippen LogP contribution in [0.25, 0.3) is 0 Å². The Morgan fingerprint density at radius 1 is 1.17 bits per heavy atom. The van der Waals surface area contributed by atoms with Gasteiger partial charge < -0.3 is 9.47 Å². The number of para-hydroxylation sites is 1. The van der Waals surface area contributed by atoms with Crippen LogP contribution in [0.4, 0.5) is 5.69 Å². The van der Waals surface area contributed by atoms with E-state index < -0.39 is 0 Å². The molecule has 0 aliphatic carbocycles. The minimum atomic E-state index is 0.0931. The molecule has 3 heteroatoms. The summed E-state index contributed by atoms with van der Waals surface area (Å²) >= 11 is 0. The van der Waals surface area contributed by atoms with Crippen molar-refractivity contribution in [2.24, 2.45) is 7.05 Å². The molecule has 18 heavy (non-hydrogen) atoms. The minimum Gasteiger partial charge on any atom is -0.344 e. The van der Waals surface area contributed by atoms with E-state index in [1.54, 1.807) is 0 Å². The predicted octanol–water partition coefficient (Wildman–Crippen LogP) is 2.54. The van der Waals surface area contributed by atoms with E-state index in [9.17, 15) is 4.79 Å². The SMILES string of the molecule is Cc1ccc(C(=O)N2CCc3ccccc32)n1C. The Morgan fingerprint density at radius 3 is 2.67 bits per heavy atom. The highest BCUT2D eigenvalue weighted by Gasteiger charge is 2.26. The zero-order valence-corrected chi connectivity index (χ0v) is 10.7. The maximum Gasteiger partial charge on any atom is 0.274 e. The van der Waals surface area contributed by atoms with Gasteiger partial charge in [-0.1, -0.05) is 18.2 Å². The summed E-state index contributed by atoms with van der Waals surface area (Å²) in [5.41, 5.74) is 4.17. The Hall–Kier alpha value is -2.03. The summed E-state index contributed by atoms with van der Waals surface area (Å²) in [4.78, 5) is 14.4. The standard InChI is InChI=1S/C15H16N2O/c1-11-7-8-14(16(11)2)15(18)17-10-9-12-5-3-4-6-13(12)17/h3-8H,9-10H2,1-2H3. The first-order valence-corrected chi connectivity index (χ1v) is 6.20. The van der Waals surface area contributed by atoms with Gasteiger partial charge >= 0.3 is 0 Å². The van der Waals surface area contributed by atoms with E-state index >= 15 is 0 Å². The molecule has 1 amide bonds. The third-order valence-corrected chi connectivity index (χ3v) is 3.72. The third-order valence-electron chi connectivity index (χ3n) is 3.72. The highest BCUT2D eigenvalue weighted by atomic mass is 16.2. The lowest BCUT2D eigenvalue weighted by Gasteiger charge is -2.17. The average Bonchev–Trinajstić information content (AvgIpc) is 2.94. The highest BCUT2D eigenvalue weighted by molar-refractivity contribution is 6.06. The van der Waals surface area contributed by atoms with Crippen LogP contribution in [0.3, 0.4) is 0 Å². The van der Waals surface area contributed by atoms with E-state index in [-0.39, 0.29) is 5.91 Å². The van der Waals surface area contributed by atoms with Gasteiger partial charge in [-0.25, -0.2) is 0 Å². The number of amides is 1. The molecule has 0 saturated heterocycles. The second kappa shape index (κ2) is 4.02. The van der Waals surface area contributed by atoms with E-state index in [1.807, 2.05) is 53.8 Å². The number of rotatable bonds is 1. The zero-order chi connectivity index (χ0) is 12.7. The first-order valence-electron chi connectivity index (χ1n) is 6.20. The zero-order valence-electron chi connectivity index (χ0n) is 10.7. The number of aryl methyl sites for hydroxylation is 1. The Balaban J connectivity index is 1.98. The molecule has 1 aromatic carbocycles. The molecule has 1 aliphatic heterocycles. The third kappa shape index (κ3) is 1.55. The number of hydrogen-bond acceptors (Lipinski definition) is 1. The van der Waals surface area contributed by atoms with Gasteiger partial charge in [-0.2, -0.15) is 0 Å². The van der Waals surface area contributed by atoms with Crippen LogP contribution in [0.2, 0.25) is 0 Å². The van der Waals surface area contributed by atoms with Gasteiger partial charge in [-0.05, 0) is 37.1 Å². The lowest BCUT2D eigenvalue weighted by atomic mass is 10.2. The highest BCUT2D eigenvalue weighted by Crippen LogP contribution is 2.28. The van der Waals surface area contributed by atoms with Crippen molar-refractivity contribution in [3.8, 4) is 0 Å². The summed E-state index contributed by atoms with van der Waals surface area (Å²) in [6.07, 6.45) is 0.950. The number of carbonyl (C=O) groups excluding carboxylic acids is 1. The van der Waals surface area contributed by atoms with Gasteiger partial charge in [0.15, 0.2) is 0 Å². The second-order valence-electron chi connectivity index (χ2n) is 4.75. The van der Waals surface area contributed by atoms with Gasteiger partial charge in [0.1, 0.15) is 5.69 Å². The van der Waals surface area contributed by atoms with Crippen LogP contribution in [0.15, 0.2) is 36.4 Å². The van der Waals surface area contributed by atoms with Gasteiger partial charge in [-0.15, -0.1) is 0 Å². The summed E-state index contributed by atoms with van der Waals surface area (Å²) in [7, 11) is 1.94. The van der Waals surface area contributed by atoms with E-state index in [1.165, 1.54) is 5.56 Å². The fraction of sp³-hybridized carbons (Fsp3) is 0.267. The maximum atomic E-state index is 12.5. The molecule has 1 aromatic heterocycles. The maximum absolute atomic E-state index is 12.5. The van der Waals surface area contributed by atoms with Crippen molar-refractivity contribution in [3.05, 3.63) is 53.3 Å². The smallest absolute Gasteiger partial charge is 0.274 e. The molecule has 0 N–H and O–H groups in total. The Morgan fingerprint density at radius 2 is 1.94 bits per heavy atom. The van der Waals surface area contributed by atoms with Gasteiger partial charge in [0.05, 0.1) is 0 Å². The molecule has 1 aliphatic rings. The van der Waals surface area contributed by atoms with Gasteiger partial charge in [0, 0.05) is 25.0 Å². The Bertz CT molecular complexity index is 613. The average molecular weight is 240 g/mol. The number of anilines is 1. The molecule has 0 spiro atoms. The Kier molecular flexibility index (Phi) is 2.47. The summed E-state index contributed by atoms with van der Waals surface area (Å²) in [6, 6.07) is 12.0. The number of nitrogens with zero attached hydrogens (tertiary/aromatic N) is 2. The van der Waals surface area contributed by atoms with Crippen LogP contribution in [0.5, 0.6) is 0 Å². The summed E-state index contributed by atoms with van der Waals surface area (Å²) < 4.78 is 1.95. The molecule has 0 fully saturated rings. The van der Waals surface area contributed by atoms with Crippen LogP contribution < -0.4 is 4.90 Å². The largest absolute Gasteiger partial charge is 0.344 e. The van der Waals surface area contributed by atoms with Gasteiger partial charge in [0.2, 0.25) is 0 Å². The fourth-order valence-electron chi connectivity index (χ4n) is 2.52. The molecule has 92 valence electrons. The fourth-order valence-corrected chi connectivity index (χ4v) is 2.52. The number of hydrogen-bond donors (Lipinski definition) is 0. The van der Waals surface area contributed by atoms with Gasteiger partial charge in [0.25, 0.3) is 5.91 Å². The molecule has 2 aromatic rings. The van der Waals surface area contributed by atoms with Crippen molar-refractivity contribution in [2.75, 3.05) is 11.4 Å². The number of carbonyl (C=O) groups is 1. The van der Waals surface area contributed by atoms with E-state index in [4.69, 9.17) is 0 Å². The Labute approximate surface area is 107 Å². The van der Waals surface area contributed by atoms with Crippen LogP contribution in [0, 0.1) is 6.92 Å². The van der Waals surface area contributed by atoms with Crippen molar-refractivity contribution in [1.29, 1.82) is 0 Å². The molecule has 0 radical (unpaired) electrons. The molecule has 0 unspecified atom stereocenters. The first-order chi connectivity index (χ1) is 8.68. The van der Waals surface area contributed by atoms with E-state index in [0.29, 0.717) is 0 Å². The topological polar surface area (TPSA) is 25.2 Å². The molecule has 3 nitrogen and oxygen atoms in total. The molecule has 3 rings (SSSR count). The van der Waals surface area contributed by atoms with Crippen molar-refractivity contribution in [1.82, 2.24) is 4.57 Å². The normalized spacial score (nSPS) is 13.8. The van der Waals surface area contributed by atoms with E-state index in [0.717, 1.165) is 30.0 Å². The van der Waals surface area contributed by atoms with Crippen molar-refractivity contribution in [2.45, 2.75) is 13.3 Å². The molecule has 0 saturated carbocycles. The number of aromatic nitrogens is 1. The first kappa shape index (κ1) is 11.1. The minimum absolute atomic E-state index is 0.0931. The van der Waals surface area contributed by atoms with Crippen LogP contribution in [-0.2, 0) is 13.5 Å². The lowest BCUT2D eigenvalue weighted by Crippen LogP contribution is -2.30. The molecular formula is C15H16N2O. The quantitative estimate of drug-likeness (QED) is 0.752. The predicted molar refractivity (Wildman–Crippen MR) is 72.0 cm³/mol. The molecule has 2 heterocycles. The van der Waals surface area contributed by atoms with Crippen molar-refractivity contribution in [3.63, 3.8) is 0 Å². The number of benzene rings is 1. The summed E-state index contributed by atoms with van der Waals surface area (Å²) in [5, 5.41) is 0.